The van der Waals surface area contributed by atoms with Crippen molar-refractivity contribution < 1.29 is 9.53 Å². The van der Waals surface area contributed by atoms with Crippen molar-refractivity contribution in [3.05, 3.63) is 108 Å². The summed E-state index contributed by atoms with van der Waals surface area (Å²) in [7, 11) is 0. The number of amides is 1. The van der Waals surface area contributed by atoms with Crippen molar-refractivity contribution in [1.82, 2.24) is 15.1 Å². The zero-order valence-electron chi connectivity index (χ0n) is 20.0. The maximum absolute atomic E-state index is 12.4. The Morgan fingerprint density at radius 1 is 0.914 bits per heavy atom. The second kappa shape index (κ2) is 12.3. The van der Waals surface area contributed by atoms with Crippen LogP contribution in [0.15, 0.2) is 91.0 Å². The molecular weight excluding hydrogens is 454 g/mol. The minimum atomic E-state index is -0.224. The van der Waals surface area contributed by atoms with Crippen LogP contribution in [0.1, 0.15) is 29.7 Å². The summed E-state index contributed by atoms with van der Waals surface area (Å²) in [4.78, 5) is 17.0. The van der Waals surface area contributed by atoms with Crippen LogP contribution in [0, 0.1) is 0 Å². The number of benzene rings is 3. The molecule has 6 heteroatoms. The minimum Gasteiger partial charge on any atom is -0.494 e. The molecule has 1 amide bonds. The fourth-order valence-corrected chi connectivity index (χ4v) is 4.59. The largest absolute Gasteiger partial charge is 0.494 e. The first-order valence-electron chi connectivity index (χ1n) is 12.0. The van der Waals surface area contributed by atoms with Gasteiger partial charge >= 0.3 is 0 Å². The van der Waals surface area contributed by atoms with Crippen LogP contribution in [0.25, 0.3) is 6.08 Å². The van der Waals surface area contributed by atoms with Gasteiger partial charge < -0.3 is 9.64 Å². The van der Waals surface area contributed by atoms with Crippen molar-refractivity contribution in [2.45, 2.75) is 13.0 Å². The quantitative estimate of drug-likeness (QED) is 0.381. The first-order valence-corrected chi connectivity index (χ1v) is 12.4. The summed E-state index contributed by atoms with van der Waals surface area (Å²) in [6.07, 6.45) is 3.29. The molecule has 4 rings (SSSR count). The lowest BCUT2D eigenvalue weighted by atomic mass is 9.96. The molecule has 0 saturated carbocycles. The fourth-order valence-electron chi connectivity index (χ4n) is 4.31. The molecule has 1 fully saturated rings. The van der Waals surface area contributed by atoms with E-state index in [4.69, 9.17) is 17.0 Å². The number of hydrogen-bond donors (Lipinski definition) is 1. The molecule has 0 radical (unpaired) electrons. The topological polar surface area (TPSA) is 44.8 Å². The maximum atomic E-state index is 12.4. The lowest BCUT2D eigenvalue weighted by Crippen LogP contribution is -2.53. The Kier molecular flexibility index (Phi) is 8.65. The van der Waals surface area contributed by atoms with Gasteiger partial charge in [-0.3, -0.25) is 15.0 Å². The third-order valence-corrected chi connectivity index (χ3v) is 6.41. The molecule has 0 bridgehead atoms. The van der Waals surface area contributed by atoms with E-state index in [-0.39, 0.29) is 11.9 Å². The number of nitrogens with one attached hydrogen (secondary N) is 1. The Bertz CT molecular complexity index is 1090. The highest BCUT2D eigenvalue weighted by Crippen LogP contribution is 2.29. The van der Waals surface area contributed by atoms with Crippen LogP contribution in [-0.2, 0) is 4.79 Å². The first-order chi connectivity index (χ1) is 17.1. The molecule has 35 heavy (non-hydrogen) atoms. The zero-order valence-corrected chi connectivity index (χ0v) is 20.8. The monoisotopic (exact) mass is 485 g/mol. The Morgan fingerprint density at radius 2 is 1.49 bits per heavy atom. The molecule has 0 aromatic heterocycles. The smallest absolute Gasteiger partial charge is 0.250 e. The molecule has 0 aliphatic carbocycles. The zero-order chi connectivity index (χ0) is 24.5. The molecule has 5 nitrogen and oxygen atoms in total. The standard InChI is InChI=1S/C29H31N3O2S/c1-2-34-26-16-13-23(14-17-26)15-18-27(33)30-29(35)32-21-19-31(20-22-32)28(24-9-5-3-6-10-24)25-11-7-4-8-12-25/h3-18,28H,2,19-22H2,1H3,(H,30,33,35)/b18-15+. The third kappa shape index (κ3) is 6.78. The molecule has 3 aromatic carbocycles. The van der Waals surface area contributed by atoms with Gasteiger partial charge in [-0.05, 0) is 54.0 Å². The van der Waals surface area contributed by atoms with Gasteiger partial charge in [0.1, 0.15) is 5.75 Å². The van der Waals surface area contributed by atoms with Gasteiger partial charge in [-0.2, -0.15) is 0 Å². The van der Waals surface area contributed by atoms with E-state index in [1.165, 1.54) is 17.2 Å². The summed E-state index contributed by atoms with van der Waals surface area (Å²) in [5.41, 5.74) is 3.49. The molecular formula is C29H31N3O2S. The van der Waals surface area contributed by atoms with Crippen LogP contribution < -0.4 is 10.1 Å². The SMILES string of the molecule is CCOc1ccc(/C=C/C(=O)NC(=S)N2CCN(C(c3ccccc3)c3ccccc3)CC2)cc1. The van der Waals surface area contributed by atoms with Gasteiger partial charge in [0.25, 0.3) is 0 Å². The summed E-state index contributed by atoms with van der Waals surface area (Å²) in [6, 6.07) is 29.0. The van der Waals surface area contributed by atoms with E-state index in [2.05, 4.69) is 75.8 Å². The highest BCUT2D eigenvalue weighted by molar-refractivity contribution is 7.80. The summed E-state index contributed by atoms with van der Waals surface area (Å²) in [5, 5.41) is 3.32. The lowest BCUT2D eigenvalue weighted by Gasteiger charge is -2.40. The fraction of sp³-hybridized carbons (Fsp3) is 0.241. The summed E-state index contributed by atoms with van der Waals surface area (Å²) in [5.74, 6) is 0.592. The van der Waals surface area contributed by atoms with Crippen molar-refractivity contribution >= 4 is 29.3 Å². The predicted octanol–water partition coefficient (Wildman–Crippen LogP) is 4.91. The van der Waals surface area contributed by atoms with Gasteiger partial charge in [-0.25, -0.2) is 0 Å². The van der Waals surface area contributed by atoms with Gasteiger partial charge in [0.15, 0.2) is 5.11 Å². The molecule has 1 aliphatic heterocycles. The number of carbonyl (C=O) groups excluding carboxylic acids is 1. The van der Waals surface area contributed by atoms with E-state index in [0.717, 1.165) is 37.5 Å². The molecule has 1 N–H and O–H groups in total. The Balaban J connectivity index is 1.32. The van der Waals surface area contributed by atoms with E-state index in [9.17, 15) is 4.79 Å². The van der Waals surface area contributed by atoms with Crippen LogP contribution in [0.3, 0.4) is 0 Å². The lowest BCUT2D eigenvalue weighted by molar-refractivity contribution is -0.115. The summed E-state index contributed by atoms with van der Waals surface area (Å²) >= 11 is 5.54. The van der Waals surface area contributed by atoms with Gasteiger partial charge in [-0.15, -0.1) is 0 Å². The van der Waals surface area contributed by atoms with E-state index < -0.39 is 0 Å². The van der Waals surface area contributed by atoms with Crippen LogP contribution >= 0.6 is 12.2 Å². The summed E-state index contributed by atoms with van der Waals surface area (Å²) < 4.78 is 5.45. The molecule has 180 valence electrons. The van der Waals surface area contributed by atoms with Gasteiger partial charge in [0, 0.05) is 32.3 Å². The first kappa shape index (κ1) is 24.6. The normalized spacial score (nSPS) is 14.3. The molecule has 0 atom stereocenters. The van der Waals surface area contributed by atoms with Gasteiger partial charge in [0.2, 0.25) is 5.91 Å². The number of nitrogens with zero attached hydrogens (tertiary/aromatic N) is 2. The third-order valence-electron chi connectivity index (χ3n) is 6.05. The van der Waals surface area contributed by atoms with Crippen molar-refractivity contribution in [2.75, 3.05) is 32.8 Å². The van der Waals surface area contributed by atoms with Crippen molar-refractivity contribution in [3.8, 4) is 5.75 Å². The molecule has 0 unspecified atom stereocenters. The number of piperazine rings is 1. The number of rotatable bonds is 7. The van der Waals surface area contributed by atoms with Crippen LogP contribution in [0.2, 0.25) is 0 Å². The van der Waals surface area contributed by atoms with Gasteiger partial charge in [-0.1, -0.05) is 72.8 Å². The Hall–Kier alpha value is -3.48. The van der Waals surface area contributed by atoms with Crippen molar-refractivity contribution in [1.29, 1.82) is 0 Å². The number of hydrogen-bond acceptors (Lipinski definition) is 4. The Labute approximate surface area is 213 Å². The van der Waals surface area contributed by atoms with E-state index >= 15 is 0 Å². The highest BCUT2D eigenvalue weighted by Gasteiger charge is 2.27. The summed E-state index contributed by atoms with van der Waals surface area (Å²) in [6.45, 7) is 5.81. The minimum absolute atomic E-state index is 0.194. The molecule has 1 saturated heterocycles. The van der Waals surface area contributed by atoms with Crippen molar-refractivity contribution in [3.63, 3.8) is 0 Å². The van der Waals surface area contributed by atoms with Crippen LogP contribution in [0.4, 0.5) is 0 Å². The van der Waals surface area contributed by atoms with Crippen LogP contribution in [-0.4, -0.2) is 53.6 Å². The predicted molar refractivity (Wildman–Crippen MR) is 145 cm³/mol. The Morgan fingerprint density at radius 3 is 2.03 bits per heavy atom. The molecule has 3 aromatic rings. The van der Waals surface area contributed by atoms with E-state index in [0.29, 0.717) is 11.7 Å². The molecule has 1 heterocycles. The second-order valence-corrected chi connectivity index (χ2v) is 8.76. The van der Waals surface area contributed by atoms with E-state index in [1.54, 1.807) is 6.08 Å². The second-order valence-electron chi connectivity index (χ2n) is 8.38. The average molecular weight is 486 g/mol. The molecule has 1 aliphatic rings. The van der Waals surface area contributed by atoms with Crippen LogP contribution in [0.5, 0.6) is 5.75 Å². The molecule has 0 spiro atoms. The maximum Gasteiger partial charge on any atom is 0.250 e. The number of thiocarbonyl (C=S) groups is 1. The van der Waals surface area contributed by atoms with Crippen molar-refractivity contribution in [2.24, 2.45) is 0 Å². The highest BCUT2D eigenvalue weighted by atomic mass is 32.1. The van der Waals surface area contributed by atoms with Gasteiger partial charge in [0.05, 0.1) is 12.6 Å². The van der Waals surface area contributed by atoms with E-state index in [1.807, 2.05) is 31.2 Å². The number of carbonyl (C=O) groups is 1. The average Bonchev–Trinajstić information content (AvgIpc) is 2.90. The number of ether oxygens (including phenoxy) is 1.